The van der Waals surface area contributed by atoms with Crippen LogP contribution in [0.4, 0.5) is 0 Å². The number of phenols is 3. The Morgan fingerprint density at radius 3 is 2.18 bits per heavy atom. The molecule has 118 valence electrons. The Labute approximate surface area is 130 Å². The van der Waals surface area contributed by atoms with Gasteiger partial charge in [0.1, 0.15) is 28.6 Å². The maximum atomic E-state index is 10.1. The lowest BCUT2D eigenvalue weighted by Crippen LogP contribution is -2.25. The molecular formula is C18H22O4. The highest BCUT2D eigenvalue weighted by atomic mass is 16.5. The first-order valence-electron chi connectivity index (χ1n) is 7.25. The zero-order valence-electron chi connectivity index (χ0n) is 13.3. The van der Waals surface area contributed by atoms with Crippen LogP contribution in [-0.4, -0.2) is 15.3 Å². The molecule has 2 aromatic rings. The molecule has 0 aliphatic carbocycles. The highest BCUT2D eigenvalue weighted by molar-refractivity contribution is 5.44. The summed E-state index contributed by atoms with van der Waals surface area (Å²) in [6.07, 6.45) is 0. The second kappa shape index (κ2) is 5.79. The van der Waals surface area contributed by atoms with Gasteiger partial charge in [-0.1, -0.05) is 19.9 Å². The standard InChI is InChI=1S/C18H22O4/c1-11(2)14-7-6-13(10-17(14)21)22-18(3,4)15-9-12(19)5-8-16(15)20/h5-11,19-21H,1-4H3. The molecule has 4 nitrogen and oxygen atoms in total. The van der Waals surface area contributed by atoms with Gasteiger partial charge < -0.3 is 20.1 Å². The monoisotopic (exact) mass is 302 g/mol. The van der Waals surface area contributed by atoms with E-state index in [0.717, 1.165) is 5.56 Å². The molecule has 22 heavy (non-hydrogen) atoms. The van der Waals surface area contributed by atoms with E-state index in [1.54, 1.807) is 26.0 Å². The van der Waals surface area contributed by atoms with E-state index in [9.17, 15) is 15.3 Å². The molecule has 4 heteroatoms. The molecule has 0 aliphatic heterocycles. The van der Waals surface area contributed by atoms with Crippen molar-refractivity contribution in [2.75, 3.05) is 0 Å². The van der Waals surface area contributed by atoms with Crippen molar-refractivity contribution in [1.82, 2.24) is 0 Å². The minimum atomic E-state index is -0.866. The van der Waals surface area contributed by atoms with Crippen molar-refractivity contribution in [3.05, 3.63) is 47.5 Å². The topological polar surface area (TPSA) is 69.9 Å². The summed E-state index contributed by atoms with van der Waals surface area (Å²) in [5.74, 6) is 1.00. The van der Waals surface area contributed by atoms with Crippen molar-refractivity contribution < 1.29 is 20.1 Å². The average Bonchev–Trinajstić information content (AvgIpc) is 2.40. The molecule has 0 unspecified atom stereocenters. The Hall–Kier alpha value is -2.36. The highest BCUT2D eigenvalue weighted by Crippen LogP contribution is 2.37. The summed E-state index contributed by atoms with van der Waals surface area (Å²) in [5.41, 5.74) is 0.458. The lowest BCUT2D eigenvalue weighted by molar-refractivity contribution is 0.105. The van der Waals surface area contributed by atoms with Crippen LogP contribution < -0.4 is 4.74 Å². The van der Waals surface area contributed by atoms with E-state index in [1.165, 1.54) is 18.2 Å². The molecular weight excluding hydrogens is 280 g/mol. The molecule has 0 bridgehead atoms. The van der Waals surface area contributed by atoms with E-state index >= 15 is 0 Å². The van der Waals surface area contributed by atoms with Crippen molar-refractivity contribution >= 4 is 0 Å². The van der Waals surface area contributed by atoms with Crippen LogP contribution >= 0.6 is 0 Å². The minimum Gasteiger partial charge on any atom is -0.508 e. The van der Waals surface area contributed by atoms with Gasteiger partial charge in [-0.2, -0.15) is 0 Å². The number of aromatic hydroxyl groups is 3. The average molecular weight is 302 g/mol. The van der Waals surface area contributed by atoms with Crippen LogP contribution in [0.5, 0.6) is 23.0 Å². The number of hydrogen-bond acceptors (Lipinski definition) is 4. The van der Waals surface area contributed by atoms with Gasteiger partial charge in [-0.05, 0) is 49.6 Å². The van der Waals surface area contributed by atoms with Crippen LogP contribution in [0.2, 0.25) is 0 Å². The first-order valence-corrected chi connectivity index (χ1v) is 7.25. The molecule has 0 radical (unpaired) electrons. The van der Waals surface area contributed by atoms with Crippen LogP contribution in [0, 0.1) is 0 Å². The van der Waals surface area contributed by atoms with E-state index in [2.05, 4.69) is 0 Å². The first kappa shape index (κ1) is 16.0. The van der Waals surface area contributed by atoms with E-state index in [0.29, 0.717) is 11.3 Å². The summed E-state index contributed by atoms with van der Waals surface area (Å²) in [6, 6.07) is 9.49. The third-order valence-corrected chi connectivity index (χ3v) is 3.63. The number of rotatable bonds is 4. The maximum Gasteiger partial charge on any atom is 0.132 e. The number of hydrogen-bond donors (Lipinski definition) is 3. The second-order valence-electron chi connectivity index (χ2n) is 6.19. The van der Waals surface area contributed by atoms with Crippen LogP contribution in [0.15, 0.2) is 36.4 Å². The van der Waals surface area contributed by atoms with Crippen molar-refractivity contribution in [3.8, 4) is 23.0 Å². The van der Waals surface area contributed by atoms with Crippen LogP contribution in [0.3, 0.4) is 0 Å². The van der Waals surface area contributed by atoms with Gasteiger partial charge >= 0.3 is 0 Å². The molecule has 0 amide bonds. The van der Waals surface area contributed by atoms with Gasteiger partial charge in [0.2, 0.25) is 0 Å². The van der Waals surface area contributed by atoms with Gasteiger partial charge in [0.15, 0.2) is 0 Å². The van der Waals surface area contributed by atoms with Crippen LogP contribution in [-0.2, 0) is 5.60 Å². The molecule has 0 aliphatic rings. The molecule has 2 aromatic carbocycles. The van der Waals surface area contributed by atoms with Crippen molar-refractivity contribution in [3.63, 3.8) is 0 Å². The number of phenolic OH excluding ortho intramolecular Hbond substituents is 3. The summed E-state index contributed by atoms with van der Waals surface area (Å²) in [4.78, 5) is 0. The summed E-state index contributed by atoms with van der Waals surface area (Å²) in [5, 5.41) is 29.6. The minimum absolute atomic E-state index is 0.0471. The molecule has 0 aromatic heterocycles. The fraction of sp³-hybridized carbons (Fsp3) is 0.333. The summed E-state index contributed by atoms with van der Waals surface area (Å²) >= 11 is 0. The Morgan fingerprint density at radius 2 is 1.59 bits per heavy atom. The SMILES string of the molecule is CC(C)c1ccc(OC(C)(C)c2cc(O)ccc2O)cc1O. The van der Waals surface area contributed by atoms with Gasteiger partial charge in [-0.15, -0.1) is 0 Å². The zero-order chi connectivity index (χ0) is 16.5. The highest BCUT2D eigenvalue weighted by Gasteiger charge is 2.27. The molecule has 0 saturated carbocycles. The molecule has 0 fully saturated rings. The Balaban J connectivity index is 2.32. The molecule has 0 heterocycles. The quantitative estimate of drug-likeness (QED) is 0.739. The van der Waals surface area contributed by atoms with Gasteiger partial charge in [-0.3, -0.25) is 0 Å². The van der Waals surface area contributed by atoms with E-state index < -0.39 is 5.60 Å². The lowest BCUT2D eigenvalue weighted by atomic mass is 9.96. The first-order chi connectivity index (χ1) is 10.2. The van der Waals surface area contributed by atoms with Crippen LogP contribution in [0.1, 0.15) is 44.7 Å². The summed E-state index contributed by atoms with van der Waals surface area (Å²) in [7, 11) is 0. The van der Waals surface area contributed by atoms with E-state index in [4.69, 9.17) is 4.74 Å². The van der Waals surface area contributed by atoms with Gasteiger partial charge in [-0.25, -0.2) is 0 Å². The predicted molar refractivity (Wildman–Crippen MR) is 85.6 cm³/mol. The third kappa shape index (κ3) is 3.27. The van der Waals surface area contributed by atoms with Crippen LogP contribution in [0.25, 0.3) is 0 Å². The van der Waals surface area contributed by atoms with Gasteiger partial charge in [0.25, 0.3) is 0 Å². The Bertz CT molecular complexity index is 675. The normalized spacial score (nSPS) is 11.7. The van der Waals surface area contributed by atoms with Crippen molar-refractivity contribution in [2.24, 2.45) is 0 Å². The molecule has 0 spiro atoms. The van der Waals surface area contributed by atoms with E-state index in [-0.39, 0.29) is 23.2 Å². The largest absolute Gasteiger partial charge is 0.508 e. The fourth-order valence-electron chi connectivity index (χ4n) is 2.43. The smallest absolute Gasteiger partial charge is 0.132 e. The molecule has 3 N–H and O–H groups in total. The lowest BCUT2D eigenvalue weighted by Gasteiger charge is -2.28. The Kier molecular flexibility index (Phi) is 4.22. The maximum absolute atomic E-state index is 10.1. The third-order valence-electron chi connectivity index (χ3n) is 3.63. The fourth-order valence-corrected chi connectivity index (χ4v) is 2.43. The zero-order valence-corrected chi connectivity index (χ0v) is 13.3. The Morgan fingerprint density at radius 1 is 0.909 bits per heavy atom. The number of benzene rings is 2. The summed E-state index contributed by atoms with van der Waals surface area (Å²) < 4.78 is 5.91. The van der Waals surface area contributed by atoms with E-state index in [1.807, 2.05) is 19.9 Å². The second-order valence-corrected chi connectivity index (χ2v) is 6.19. The van der Waals surface area contributed by atoms with Crippen molar-refractivity contribution in [2.45, 2.75) is 39.2 Å². The molecule has 0 saturated heterocycles. The molecule has 0 atom stereocenters. The number of ether oxygens (including phenoxy) is 1. The van der Waals surface area contributed by atoms with Gasteiger partial charge in [0.05, 0.1) is 0 Å². The molecule has 2 rings (SSSR count). The van der Waals surface area contributed by atoms with Gasteiger partial charge in [0, 0.05) is 11.6 Å². The predicted octanol–water partition coefficient (Wildman–Crippen LogP) is 4.24. The summed E-state index contributed by atoms with van der Waals surface area (Å²) in [6.45, 7) is 7.58. The van der Waals surface area contributed by atoms with Crippen molar-refractivity contribution in [1.29, 1.82) is 0 Å².